The molecular formula is C31H32ClNO6. The van der Waals surface area contributed by atoms with E-state index in [1.54, 1.807) is 0 Å². The highest BCUT2D eigenvalue weighted by Crippen LogP contribution is 2.43. The van der Waals surface area contributed by atoms with Crippen LogP contribution in [0.1, 0.15) is 49.1 Å². The SMILES string of the molecule is COc1cc(OC)c(/C(O)=C2\C(=O)C(=O)N(Cc3ccc(OC(C)(C)C)cc3)C2c2cccc(C)c2)cc1Cl. The van der Waals surface area contributed by atoms with Gasteiger partial charge >= 0.3 is 0 Å². The van der Waals surface area contributed by atoms with E-state index in [2.05, 4.69) is 0 Å². The van der Waals surface area contributed by atoms with Crippen LogP contribution in [0.4, 0.5) is 0 Å². The number of aliphatic hydroxyl groups is 1. The molecule has 1 aliphatic heterocycles. The first kappa shape index (κ1) is 28.0. The van der Waals surface area contributed by atoms with Crippen molar-refractivity contribution in [2.75, 3.05) is 14.2 Å². The van der Waals surface area contributed by atoms with Gasteiger partial charge in [-0.05, 0) is 57.0 Å². The molecule has 8 heteroatoms. The number of rotatable bonds is 7. The number of benzene rings is 3. The molecule has 0 spiro atoms. The molecule has 3 aromatic rings. The molecule has 0 bridgehead atoms. The molecule has 1 saturated heterocycles. The second kappa shape index (κ2) is 11.0. The van der Waals surface area contributed by atoms with E-state index in [9.17, 15) is 14.7 Å². The molecule has 1 atom stereocenters. The third kappa shape index (κ3) is 5.88. The molecule has 204 valence electrons. The van der Waals surface area contributed by atoms with Crippen LogP contribution in [0.5, 0.6) is 17.2 Å². The first-order chi connectivity index (χ1) is 18.4. The molecule has 0 aromatic heterocycles. The second-order valence-electron chi connectivity index (χ2n) is 10.4. The van der Waals surface area contributed by atoms with Crippen molar-refractivity contribution < 1.29 is 28.9 Å². The second-order valence-corrected chi connectivity index (χ2v) is 10.8. The topological polar surface area (TPSA) is 85.3 Å². The number of methoxy groups -OCH3 is 2. The molecule has 1 heterocycles. The average Bonchev–Trinajstić information content (AvgIpc) is 3.13. The van der Waals surface area contributed by atoms with E-state index in [0.717, 1.165) is 11.1 Å². The van der Waals surface area contributed by atoms with Crippen LogP contribution in [0.3, 0.4) is 0 Å². The van der Waals surface area contributed by atoms with Crippen molar-refractivity contribution in [3.8, 4) is 17.2 Å². The van der Waals surface area contributed by atoms with Gasteiger partial charge in [0, 0.05) is 12.6 Å². The lowest BCUT2D eigenvalue weighted by atomic mass is 9.94. The third-order valence-electron chi connectivity index (χ3n) is 6.33. The average molecular weight is 550 g/mol. The number of hydrogen-bond acceptors (Lipinski definition) is 6. The van der Waals surface area contributed by atoms with Gasteiger partial charge in [0.05, 0.1) is 36.4 Å². The number of nitrogens with zero attached hydrogens (tertiary/aromatic N) is 1. The number of amides is 1. The van der Waals surface area contributed by atoms with E-state index >= 15 is 0 Å². The summed E-state index contributed by atoms with van der Waals surface area (Å²) >= 11 is 6.35. The molecule has 4 rings (SSSR count). The Labute approximate surface area is 233 Å². The van der Waals surface area contributed by atoms with Crippen LogP contribution < -0.4 is 14.2 Å². The molecule has 39 heavy (non-hydrogen) atoms. The number of halogens is 1. The summed E-state index contributed by atoms with van der Waals surface area (Å²) in [6.07, 6.45) is 0. The largest absolute Gasteiger partial charge is 0.507 e. The van der Waals surface area contributed by atoms with Gasteiger partial charge < -0.3 is 24.2 Å². The zero-order chi connectivity index (χ0) is 28.5. The van der Waals surface area contributed by atoms with Gasteiger partial charge in [-0.2, -0.15) is 0 Å². The van der Waals surface area contributed by atoms with Gasteiger partial charge in [0.2, 0.25) is 0 Å². The maximum Gasteiger partial charge on any atom is 0.295 e. The summed E-state index contributed by atoms with van der Waals surface area (Å²) in [4.78, 5) is 28.4. The minimum absolute atomic E-state index is 0.0437. The van der Waals surface area contributed by atoms with Crippen LogP contribution in [0.2, 0.25) is 5.02 Å². The summed E-state index contributed by atoms with van der Waals surface area (Å²) in [5, 5.41) is 11.7. The number of likely N-dealkylation sites (tertiary alicyclic amines) is 1. The molecule has 1 amide bonds. The van der Waals surface area contributed by atoms with Gasteiger partial charge in [-0.15, -0.1) is 0 Å². The van der Waals surface area contributed by atoms with Crippen LogP contribution >= 0.6 is 11.6 Å². The van der Waals surface area contributed by atoms with Gasteiger partial charge in [-0.25, -0.2) is 0 Å². The molecule has 3 aromatic carbocycles. The van der Waals surface area contributed by atoms with Gasteiger partial charge in [0.25, 0.3) is 11.7 Å². The molecule has 7 nitrogen and oxygen atoms in total. The summed E-state index contributed by atoms with van der Waals surface area (Å²) in [5.41, 5.74) is 2.24. The highest BCUT2D eigenvalue weighted by atomic mass is 35.5. The number of Topliss-reactive ketones (excluding diaryl/α,β-unsaturated/α-hetero) is 1. The fraction of sp³-hybridized carbons (Fsp3) is 0.290. The zero-order valence-corrected chi connectivity index (χ0v) is 23.6. The van der Waals surface area contributed by atoms with Gasteiger partial charge in [0.15, 0.2) is 0 Å². The van der Waals surface area contributed by atoms with Crippen LogP contribution in [-0.4, -0.2) is 41.5 Å². The lowest BCUT2D eigenvalue weighted by Gasteiger charge is -2.26. The van der Waals surface area contributed by atoms with E-state index in [4.69, 9.17) is 25.8 Å². The fourth-order valence-corrected chi connectivity index (χ4v) is 4.87. The van der Waals surface area contributed by atoms with E-state index in [1.807, 2.05) is 76.2 Å². The third-order valence-corrected chi connectivity index (χ3v) is 6.62. The summed E-state index contributed by atoms with van der Waals surface area (Å²) in [6.45, 7) is 7.97. The van der Waals surface area contributed by atoms with Crippen molar-refractivity contribution in [3.63, 3.8) is 0 Å². The lowest BCUT2D eigenvalue weighted by molar-refractivity contribution is -0.140. The Kier molecular flexibility index (Phi) is 7.93. The van der Waals surface area contributed by atoms with Gasteiger partial charge in [0.1, 0.15) is 28.6 Å². The molecule has 1 fully saturated rings. The number of carbonyl (C=O) groups is 2. The van der Waals surface area contributed by atoms with E-state index < -0.39 is 17.7 Å². The quantitative estimate of drug-likeness (QED) is 0.207. The minimum atomic E-state index is -0.832. The molecular weight excluding hydrogens is 518 g/mol. The molecule has 1 unspecified atom stereocenters. The lowest BCUT2D eigenvalue weighted by Crippen LogP contribution is -2.29. The fourth-order valence-electron chi connectivity index (χ4n) is 4.63. The van der Waals surface area contributed by atoms with Crippen molar-refractivity contribution in [1.29, 1.82) is 0 Å². The van der Waals surface area contributed by atoms with Crippen molar-refractivity contribution in [2.45, 2.75) is 45.9 Å². The van der Waals surface area contributed by atoms with Gasteiger partial charge in [-0.3, -0.25) is 9.59 Å². The molecule has 0 saturated carbocycles. The first-order valence-electron chi connectivity index (χ1n) is 12.5. The maximum absolute atomic E-state index is 13.5. The summed E-state index contributed by atoms with van der Waals surface area (Å²) in [6, 6.07) is 17.1. The predicted molar refractivity (Wildman–Crippen MR) is 150 cm³/mol. The standard InChI is InChI=1S/C31H32ClNO6/c1-18-8-7-9-20(14-18)27-26(28(34)22-15-23(32)25(38-6)16-24(22)37-5)29(35)30(36)33(27)17-19-10-12-21(13-11-19)39-31(2,3)4/h7-16,27,34H,17H2,1-6H3/b28-26+. The summed E-state index contributed by atoms with van der Waals surface area (Å²) in [7, 11) is 2.90. The van der Waals surface area contributed by atoms with Crippen LogP contribution in [0, 0.1) is 6.92 Å². The maximum atomic E-state index is 13.5. The Bertz CT molecular complexity index is 1440. The van der Waals surface area contributed by atoms with Crippen LogP contribution in [-0.2, 0) is 16.1 Å². The Morgan fingerprint density at radius 3 is 2.23 bits per heavy atom. The number of ketones is 1. The van der Waals surface area contributed by atoms with Crippen molar-refractivity contribution in [1.82, 2.24) is 4.90 Å². The summed E-state index contributed by atoms with van der Waals surface area (Å²) in [5.74, 6) is -0.584. The molecule has 1 aliphatic rings. The Hall–Kier alpha value is -3.97. The van der Waals surface area contributed by atoms with E-state index in [-0.39, 0.29) is 39.8 Å². The molecule has 0 aliphatic carbocycles. The minimum Gasteiger partial charge on any atom is -0.507 e. The van der Waals surface area contributed by atoms with E-state index in [0.29, 0.717) is 17.1 Å². The number of carbonyl (C=O) groups excluding carboxylic acids is 2. The molecule has 1 N–H and O–H groups in total. The number of hydrogen-bond donors (Lipinski definition) is 1. The highest BCUT2D eigenvalue weighted by Gasteiger charge is 2.46. The van der Waals surface area contributed by atoms with Crippen molar-refractivity contribution in [3.05, 3.63) is 93.5 Å². The van der Waals surface area contributed by atoms with Crippen molar-refractivity contribution >= 4 is 29.1 Å². The smallest absolute Gasteiger partial charge is 0.295 e. The normalized spacial score (nSPS) is 16.9. The predicted octanol–water partition coefficient (Wildman–Crippen LogP) is 6.46. The van der Waals surface area contributed by atoms with Gasteiger partial charge in [-0.1, -0.05) is 53.6 Å². The van der Waals surface area contributed by atoms with E-state index in [1.165, 1.54) is 31.3 Å². The Balaban J connectivity index is 1.83. The zero-order valence-electron chi connectivity index (χ0n) is 22.9. The van der Waals surface area contributed by atoms with Crippen molar-refractivity contribution in [2.24, 2.45) is 0 Å². The number of ether oxygens (including phenoxy) is 3. The Morgan fingerprint density at radius 2 is 1.64 bits per heavy atom. The van der Waals surface area contributed by atoms with Crippen LogP contribution in [0.25, 0.3) is 5.76 Å². The molecule has 0 radical (unpaired) electrons. The number of aryl methyl sites for hydroxylation is 1. The Morgan fingerprint density at radius 1 is 0.974 bits per heavy atom. The van der Waals surface area contributed by atoms with Crippen LogP contribution in [0.15, 0.2) is 66.2 Å². The number of aliphatic hydroxyl groups excluding tert-OH is 1. The first-order valence-corrected chi connectivity index (χ1v) is 12.9. The summed E-state index contributed by atoms with van der Waals surface area (Å²) < 4.78 is 16.6. The highest BCUT2D eigenvalue weighted by molar-refractivity contribution is 6.46. The monoisotopic (exact) mass is 549 g/mol.